The molecule has 0 bridgehead atoms. The van der Waals surface area contributed by atoms with E-state index in [4.69, 9.17) is 9.57 Å². The number of ether oxygens (including phenoxy) is 1. The number of cyclic esters (lactones) is 1. The van der Waals surface area contributed by atoms with Crippen LogP contribution < -0.4 is 10.6 Å². The van der Waals surface area contributed by atoms with Crippen molar-refractivity contribution in [2.45, 2.75) is 45.4 Å². The largest absolute Gasteiger partial charge is 0.458 e. The zero-order chi connectivity index (χ0) is 24.6. The molecule has 0 saturated carbocycles. The van der Waals surface area contributed by atoms with Gasteiger partial charge in [-0.05, 0) is 54.5 Å². The number of esters is 1. The maximum atomic E-state index is 14.9. The van der Waals surface area contributed by atoms with Gasteiger partial charge in [-0.15, -0.1) is 0 Å². The van der Waals surface area contributed by atoms with Crippen LogP contribution in [0.2, 0.25) is 0 Å². The summed E-state index contributed by atoms with van der Waals surface area (Å²) in [5.74, 6) is -1.07. The summed E-state index contributed by atoms with van der Waals surface area (Å²) in [4.78, 5) is 31.8. The van der Waals surface area contributed by atoms with E-state index < -0.39 is 11.6 Å². The third-order valence-electron chi connectivity index (χ3n) is 7.62. The maximum Gasteiger partial charge on any atom is 0.343 e. The zero-order valence-electron chi connectivity index (χ0n) is 19.5. The normalized spacial score (nSPS) is 20.0. The van der Waals surface area contributed by atoms with Crippen molar-refractivity contribution in [3.8, 4) is 11.3 Å². The monoisotopic (exact) mass is 480 g/mol. The minimum absolute atomic E-state index is 0.0637. The van der Waals surface area contributed by atoms with Crippen LogP contribution in [-0.2, 0) is 39.5 Å². The number of anilines is 1. The van der Waals surface area contributed by atoms with E-state index in [-0.39, 0.29) is 55.3 Å². The molecule has 0 amide bonds. The molecule has 9 heteroatoms. The first-order valence-electron chi connectivity index (χ1n) is 11.8. The van der Waals surface area contributed by atoms with E-state index in [1.54, 1.807) is 29.5 Å². The lowest BCUT2D eigenvalue weighted by molar-refractivity contribution is -0.172. The van der Waals surface area contributed by atoms with Gasteiger partial charge in [0.2, 0.25) is 0 Å². The molecule has 35 heavy (non-hydrogen) atoms. The molecule has 0 aliphatic carbocycles. The number of carbonyl (C=O) groups is 1. The van der Waals surface area contributed by atoms with Gasteiger partial charge in [0.05, 0.1) is 36.7 Å². The summed E-state index contributed by atoms with van der Waals surface area (Å²) in [6, 6.07) is 5.05. The third-order valence-corrected chi connectivity index (χ3v) is 7.62. The van der Waals surface area contributed by atoms with Crippen LogP contribution in [0.15, 0.2) is 23.0 Å². The fourth-order valence-electron chi connectivity index (χ4n) is 5.76. The van der Waals surface area contributed by atoms with Crippen molar-refractivity contribution >= 4 is 22.4 Å². The second kappa shape index (κ2) is 7.61. The van der Waals surface area contributed by atoms with Gasteiger partial charge in [-0.3, -0.25) is 14.7 Å². The second-order valence-corrected chi connectivity index (χ2v) is 9.32. The Balaban J connectivity index is 1.66. The number of nitrogens with zero attached hydrogens (tertiary/aromatic N) is 2. The molecule has 0 saturated heterocycles. The molecular weight excluding hydrogens is 455 g/mol. The number of carbonyl (C=O) groups excluding carboxylic acids is 1. The minimum atomic E-state index is -1.90. The van der Waals surface area contributed by atoms with Gasteiger partial charge in [0.1, 0.15) is 12.4 Å². The van der Waals surface area contributed by atoms with Gasteiger partial charge in [0.15, 0.2) is 5.60 Å². The summed E-state index contributed by atoms with van der Waals surface area (Å²) >= 11 is 0. The van der Waals surface area contributed by atoms with Crippen molar-refractivity contribution in [1.29, 1.82) is 0 Å². The first-order valence-corrected chi connectivity index (χ1v) is 11.8. The van der Waals surface area contributed by atoms with Crippen molar-refractivity contribution in [2.24, 2.45) is 0 Å². The van der Waals surface area contributed by atoms with Crippen LogP contribution in [0.3, 0.4) is 0 Å². The number of benzene rings is 2. The summed E-state index contributed by atoms with van der Waals surface area (Å²) in [5.41, 5.74) is 2.67. The van der Waals surface area contributed by atoms with Crippen LogP contribution in [-0.4, -0.2) is 40.5 Å². The minimum Gasteiger partial charge on any atom is -0.458 e. The van der Waals surface area contributed by atoms with Gasteiger partial charge >= 0.3 is 5.97 Å². The lowest BCUT2D eigenvalue weighted by Crippen LogP contribution is -2.44. The van der Waals surface area contributed by atoms with E-state index in [0.717, 1.165) is 27.8 Å². The van der Waals surface area contributed by atoms with Gasteiger partial charge < -0.3 is 19.5 Å². The van der Waals surface area contributed by atoms with E-state index in [1.807, 2.05) is 6.07 Å². The number of hydrogen-bond donors (Lipinski definition) is 2. The van der Waals surface area contributed by atoms with Gasteiger partial charge in [0.25, 0.3) is 5.56 Å². The van der Waals surface area contributed by atoms with Crippen molar-refractivity contribution in [2.75, 3.05) is 24.8 Å². The highest BCUT2D eigenvalue weighted by Crippen LogP contribution is 2.47. The van der Waals surface area contributed by atoms with Crippen LogP contribution in [0, 0.1) is 12.7 Å². The highest BCUT2D eigenvalue weighted by molar-refractivity contribution is 6.04. The van der Waals surface area contributed by atoms with Crippen LogP contribution in [0.5, 0.6) is 0 Å². The lowest BCUT2D eigenvalue weighted by Gasteiger charge is -2.33. The van der Waals surface area contributed by atoms with E-state index in [9.17, 15) is 24.2 Å². The number of rotatable bonds is 4. The van der Waals surface area contributed by atoms with E-state index in [2.05, 4.69) is 0 Å². The first-order chi connectivity index (χ1) is 16.8. The average molecular weight is 480 g/mol. The number of hydrogen-bond acceptors (Lipinski definition) is 7. The molecule has 0 fully saturated rings. The number of aromatic nitrogens is 1. The molecule has 6 rings (SSSR count). The predicted octanol–water partition coefficient (Wildman–Crippen LogP) is 2.42. The Bertz CT molecular complexity index is 1500. The molecule has 3 aliphatic rings. The summed E-state index contributed by atoms with van der Waals surface area (Å²) < 4.78 is 21.6. The molecule has 1 aromatic heterocycles. The summed E-state index contributed by atoms with van der Waals surface area (Å²) in [6.45, 7) is 3.92. The number of fused-ring (bicyclic) bond motifs is 5. The predicted molar refractivity (Wildman–Crippen MR) is 126 cm³/mol. The SMILES string of the molecule is CC[C@@]1(O)C(=O)OCc2c1cc1n(c2=O)Cc2c-1cc1cc(F)c(C)c3c1c2N(OCCO)CC3. The second-order valence-electron chi connectivity index (χ2n) is 9.32. The summed E-state index contributed by atoms with van der Waals surface area (Å²) in [7, 11) is 0. The Morgan fingerprint density at radius 1 is 1.20 bits per heavy atom. The average Bonchev–Trinajstić information content (AvgIpc) is 3.22. The molecule has 8 nitrogen and oxygen atoms in total. The highest BCUT2D eigenvalue weighted by Gasteiger charge is 2.45. The Morgan fingerprint density at radius 3 is 2.74 bits per heavy atom. The van der Waals surface area contributed by atoms with E-state index in [0.29, 0.717) is 29.6 Å². The maximum absolute atomic E-state index is 14.9. The molecule has 182 valence electrons. The smallest absolute Gasteiger partial charge is 0.343 e. The standard InChI is InChI=1S/C26H25FN2O6/c1-3-26(33)19-10-21-16-8-14-9-20(27)13(2)15-4-5-29(35-7-6-30)23(22(14)15)17(16)11-28(21)24(31)18(19)12-34-25(26)32/h8-10,30,33H,3-7,11-12H2,1-2H3/t26-/m0/s1. The topological polar surface area (TPSA) is 101 Å². The quantitative estimate of drug-likeness (QED) is 0.433. The number of pyridine rings is 1. The van der Waals surface area contributed by atoms with Crippen LogP contribution in [0.1, 0.15) is 41.2 Å². The summed E-state index contributed by atoms with van der Waals surface area (Å²) in [5, 5.41) is 23.7. The fourth-order valence-corrected chi connectivity index (χ4v) is 5.76. The molecule has 2 N–H and O–H groups in total. The molecular formula is C26H25FN2O6. The Morgan fingerprint density at radius 2 is 2.00 bits per heavy atom. The molecule has 1 atom stereocenters. The van der Waals surface area contributed by atoms with E-state index >= 15 is 0 Å². The lowest BCUT2D eigenvalue weighted by atomic mass is 9.85. The number of aliphatic hydroxyl groups excluding tert-OH is 1. The van der Waals surface area contributed by atoms with Crippen molar-refractivity contribution in [3.63, 3.8) is 0 Å². The number of aliphatic hydroxyl groups is 2. The van der Waals surface area contributed by atoms with Crippen molar-refractivity contribution < 1.29 is 29.0 Å². The van der Waals surface area contributed by atoms with Gasteiger partial charge in [-0.2, -0.15) is 0 Å². The number of hydroxylamine groups is 1. The molecule has 3 aromatic rings. The van der Waals surface area contributed by atoms with Crippen molar-refractivity contribution in [1.82, 2.24) is 4.57 Å². The van der Waals surface area contributed by atoms with Gasteiger partial charge in [0, 0.05) is 28.6 Å². The zero-order valence-corrected chi connectivity index (χ0v) is 19.5. The fraction of sp³-hybridized carbons (Fsp3) is 0.385. The van der Waals surface area contributed by atoms with Gasteiger partial charge in [-0.1, -0.05) is 6.92 Å². The van der Waals surface area contributed by atoms with E-state index in [1.165, 1.54) is 6.07 Å². The molecule has 2 aromatic carbocycles. The molecule has 0 radical (unpaired) electrons. The Kier molecular flexibility index (Phi) is 4.83. The van der Waals surface area contributed by atoms with Crippen molar-refractivity contribution in [3.05, 3.63) is 62.2 Å². The Hall–Kier alpha value is -3.27. The molecule has 0 unspecified atom stereocenters. The Labute approximate surface area is 200 Å². The summed E-state index contributed by atoms with van der Waals surface area (Å²) in [6.07, 6.45) is 0.648. The highest BCUT2D eigenvalue weighted by atomic mass is 19.1. The van der Waals surface area contributed by atoms with Crippen LogP contribution in [0.4, 0.5) is 10.1 Å². The molecule has 0 spiro atoms. The van der Waals surface area contributed by atoms with Gasteiger partial charge in [-0.25, -0.2) is 9.18 Å². The first kappa shape index (κ1) is 22.2. The van der Waals surface area contributed by atoms with Crippen LogP contribution in [0.25, 0.3) is 22.0 Å². The molecule has 3 aliphatic heterocycles. The molecule has 4 heterocycles. The van der Waals surface area contributed by atoms with Crippen LogP contribution >= 0.6 is 0 Å². The number of halogens is 1. The third kappa shape index (κ3) is 2.89.